The van der Waals surface area contributed by atoms with Gasteiger partial charge < -0.3 is 13.5 Å². The van der Waals surface area contributed by atoms with E-state index in [9.17, 15) is 0 Å². The molecule has 0 radical (unpaired) electrons. The molecule has 0 unspecified atom stereocenters. The van der Waals surface area contributed by atoms with Crippen molar-refractivity contribution in [3.05, 3.63) is 58.2 Å². The van der Waals surface area contributed by atoms with Crippen molar-refractivity contribution in [1.29, 1.82) is 0 Å². The predicted molar refractivity (Wildman–Crippen MR) is 85.7 cm³/mol. The average molecular weight is 342 g/mol. The number of hydrogen-bond donors (Lipinski definition) is 0. The number of oxazole rings is 1. The van der Waals surface area contributed by atoms with Crippen LogP contribution >= 0.6 is 11.3 Å². The van der Waals surface area contributed by atoms with Crippen molar-refractivity contribution in [2.75, 3.05) is 0 Å². The number of hydrogen-bond acceptors (Lipinski definition) is 8. The minimum absolute atomic E-state index is 0.434. The third kappa shape index (κ3) is 2.88. The SMILES string of the molecule is Cc1noc(C)c1Cc1noc(Cc2coc(-c3cccs3)n2)n1. The molecule has 0 N–H and O–H groups in total. The smallest absolute Gasteiger partial charge is 0.236 e. The zero-order valence-corrected chi connectivity index (χ0v) is 14.0. The van der Waals surface area contributed by atoms with E-state index in [0.717, 1.165) is 27.6 Å². The maximum absolute atomic E-state index is 5.49. The van der Waals surface area contributed by atoms with E-state index in [1.807, 2.05) is 31.4 Å². The lowest BCUT2D eigenvalue weighted by Crippen LogP contribution is -1.95. The highest BCUT2D eigenvalue weighted by atomic mass is 32.1. The quantitative estimate of drug-likeness (QED) is 0.547. The van der Waals surface area contributed by atoms with Gasteiger partial charge in [0.2, 0.25) is 11.8 Å². The molecule has 4 aromatic heterocycles. The number of aryl methyl sites for hydroxylation is 2. The van der Waals surface area contributed by atoms with Gasteiger partial charge in [-0.1, -0.05) is 16.4 Å². The molecule has 0 aliphatic carbocycles. The molecule has 0 amide bonds. The second kappa shape index (κ2) is 6.04. The Morgan fingerprint density at radius 3 is 2.75 bits per heavy atom. The highest BCUT2D eigenvalue weighted by Gasteiger charge is 2.16. The van der Waals surface area contributed by atoms with Crippen molar-refractivity contribution in [2.24, 2.45) is 0 Å². The van der Waals surface area contributed by atoms with Crippen LogP contribution in [0.2, 0.25) is 0 Å². The standard InChI is InChI=1S/C16H14N4O3S/c1-9-12(10(2)22-19-9)7-14-18-15(23-20-14)6-11-8-21-16(17-11)13-4-3-5-24-13/h3-5,8H,6-7H2,1-2H3. The first kappa shape index (κ1) is 14.8. The van der Waals surface area contributed by atoms with Crippen LogP contribution in [0.4, 0.5) is 0 Å². The summed E-state index contributed by atoms with van der Waals surface area (Å²) in [7, 11) is 0. The lowest BCUT2D eigenvalue weighted by atomic mass is 10.1. The summed E-state index contributed by atoms with van der Waals surface area (Å²) in [6, 6.07) is 3.93. The van der Waals surface area contributed by atoms with Gasteiger partial charge >= 0.3 is 0 Å². The van der Waals surface area contributed by atoms with Gasteiger partial charge in [0.1, 0.15) is 12.0 Å². The second-order valence-electron chi connectivity index (χ2n) is 5.38. The number of rotatable bonds is 5. The molecule has 0 aliphatic heterocycles. The van der Waals surface area contributed by atoms with Gasteiger partial charge in [0.05, 0.1) is 22.7 Å². The van der Waals surface area contributed by atoms with Crippen molar-refractivity contribution in [3.8, 4) is 10.8 Å². The Morgan fingerprint density at radius 1 is 1.08 bits per heavy atom. The van der Waals surface area contributed by atoms with Crippen LogP contribution in [0.5, 0.6) is 0 Å². The summed E-state index contributed by atoms with van der Waals surface area (Å²) in [4.78, 5) is 9.85. The third-order valence-corrected chi connectivity index (χ3v) is 4.50. The van der Waals surface area contributed by atoms with E-state index in [1.54, 1.807) is 17.6 Å². The van der Waals surface area contributed by atoms with Crippen LogP contribution in [0.25, 0.3) is 10.8 Å². The van der Waals surface area contributed by atoms with E-state index in [0.29, 0.717) is 30.4 Å². The highest BCUT2D eigenvalue weighted by Crippen LogP contribution is 2.24. The van der Waals surface area contributed by atoms with Crippen LogP contribution in [0.1, 0.15) is 34.4 Å². The van der Waals surface area contributed by atoms with Crippen molar-refractivity contribution in [3.63, 3.8) is 0 Å². The van der Waals surface area contributed by atoms with E-state index < -0.39 is 0 Å². The normalized spacial score (nSPS) is 11.2. The van der Waals surface area contributed by atoms with Crippen molar-refractivity contribution >= 4 is 11.3 Å². The Morgan fingerprint density at radius 2 is 2.00 bits per heavy atom. The van der Waals surface area contributed by atoms with Crippen LogP contribution in [-0.4, -0.2) is 20.3 Å². The fraction of sp³-hybridized carbons (Fsp3) is 0.250. The van der Waals surface area contributed by atoms with Crippen LogP contribution < -0.4 is 0 Å². The molecule has 0 spiro atoms. The molecule has 0 saturated heterocycles. The molecule has 4 rings (SSSR count). The Kier molecular flexibility index (Phi) is 3.73. The Bertz CT molecular complexity index is 932. The Balaban J connectivity index is 1.48. The van der Waals surface area contributed by atoms with Gasteiger partial charge in [0.25, 0.3) is 0 Å². The summed E-state index contributed by atoms with van der Waals surface area (Å²) in [5, 5.41) is 9.93. The molecule has 24 heavy (non-hydrogen) atoms. The third-order valence-electron chi connectivity index (χ3n) is 3.64. The highest BCUT2D eigenvalue weighted by molar-refractivity contribution is 7.13. The first-order valence-electron chi connectivity index (χ1n) is 7.40. The van der Waals surface area contributed by atoms with E-state index in [-0.39, 0.29) is 0 Å². The number of aromatic nitrogens is 4. The van der Waals surface area contributed by atoms with Gasteiger partial charge in [0.15, 0.2) is 5.82 Å². The maximum atomic E-state index is 5.49. The lowest BCUT2D eigenvalue weighted by molar-refractivity contribution is 0.379. The van der Waals surface area contributed by atoms with Crippen LogP contribution in [0.15, 0.2) is 37.2 Å². The maximum Gasteiger partial charge on any atom is 0.236 e. The van der Waals surface area contributed by atoms with Gasteiger partial charge in [-0.25, -0.2) is 4.98 Å². The molecular formula is C16H14N4O3S. The van der Waals surface area contributed by atoms with Crippen molar-refractivity contribution in [1.82, 2.24) is 20.3 Å². The summed E-state index contributed by atoms with van der Waals surface area (Å²) in [6.45, 7) is 3.77. The van der Waals surface area contributed by atoms with E-state index in [2.05, 4.69) is 20.3 Å². The van der Waals surface area contributed by atoms with Crippen molar-refractivity contribution in [2.45, 2.75) is 26.7 Å². The summed E-state index contributed by atoms with van der Waals surface area (Å²) in [6.07, 6.45) is 2.58. The molecule has 0 aromatic carbocycles. The molecule has 0 saturated carbocycles. The Labute approximate surface area is 141 Å². The van der Waals surface area contributed by atoms with Crippen LogP contribution in [0, 0.1) is 13.8 Å². The molecular weight excluding hydrogens is 328 g/mol. The topological polar surface area (TPSA) is 91.0 Å². The molecule has 0 bridgehead atoms. The van der Waals surface area contributed by atoms with E-state index >= 15 is 0 Å². The molecule has 4 heterocycles. The van der Waals surface area contributed by atoms with Gasteiger partial charge in [-0.05, 0) is 25.3 Å². The first-order chi connectivity index (χ1) is 11.7. The van der Waals surface area contributed by atoms with Crippen molar-refractivity contribution < 1.29 is 13.5 Å². The van der Waals surface area contributed by atoms with Gasteiger partial charge in [-0.3, -0.25) is 0 Å². The summed E-state index contributed by atoms with van der Waals surface area (Å²) in [5.41, 5.74) is 2.59. The summed E-state index contributed by atoms with van der Waals surface area (Å²) in [5.74, 6) is 2.48. The average Bonchev–Trinajstić information content (AvgIpc) is 3.33. The lowest BCUT2D eigenvalue weighted by Gasteiger charge is -1.93. The minimum Gasteiger partial charge on any atom is -0.444 e. The second-order valence-corrected chi connectivity index (χ2v) is 6.33. The van der Waals surface area contributed by atoms with Gasteiger partial charge in [0, 0.05) is 12.0 Å². The number of nitrogens with zero attached hydrogens (tertiary/aromatic N) is 4. The first-order valence-corrected chi connectivity index (χ1v) is 8.28. The van der Waals surface area contributed by atoms with Crippen LogP contribution in [0.3, 0.4) is 0 Å². The molecule has 7 nitrogen and oxygen atoms in total. The molecule has 8 heteroatoms. The van der Waals surface area contributed by atoms with Crippen LogP contribution in [-0.2, 0) is 12.8 Å². The number of thiophene rings is 1. The van der Waals surface area contributed by atoms with E-state index in [1.165, 1.54) is 0 Å². The molecule has 4 aromatic rings. The molecule has 122 valence electrons. The zero-order chi connectivity index (χ0) is 16.5. The molecule has 0 aliphatic rings. The molecule has 0 fully saturated rings. The molecule has 0 atom stereocenters. The fourth-order valence-corrected chi connectivity index (χ4v) is 3.06. The summed E-state index contributed by atoms with van der Waals surface area (Å²) < 4.78 is 15.9. The zero-order valence-electron chi connectivity index (χ0n) is 13.1. The summed E-state index contributed by atoms with van der Waals surface area (Å²) >= 11 is 1.58. The minimum atomic E-state index is 0.434. The fourth-order valence-electron chi connectivity index (χ4n) is 2.40. The Hall–Kier alpha value is -2.74. The van der Waals surface area contributed by atoms with Gasteiger partial charge in [-0.2, -0.15) is 4.98 Å². The van der Waals surface area contributed by atoms with Gasteiger partial charge in [-0.15, -0.1) is 11.3 Å². The largest absolute Gasteiger partial charge is 0.444 e. The van der Waals surface area contributed by atoms with E-state index in [4.69, 9.17) is 13.5 Å². The monoisotopic (exact) mass is 342 g/mol. The predicted octanol–water partition coefficient (Wildman–Crippen LogP) is 3.57.